The highest BCUT2D eigenvalue weighted by molar-refractivity contribution is 7.99. The zero-order chi connectivity index (χ0) is 14.5. The van der Waals surface area contributed by atoms with Crippen LogP contribution in [0, 0.1) is 0 Å². The summed E-state index contributed by atoms with van der Waals surface area (Å²) in [6.07, 6.45) is -2.82. The van der Waals surface area contributed by atoms with Crippen LogP contribution in [0.25, 0.3) is 0 Å². The number of alkyl halides is 3. The molecule has 0 unspecified atom stereocenters. The van der Waals surface area contributed by atoms with Gasteiger partial charge in [0.05, 0.1) is 5.75 Å². The number of hydrogen-bond acceptors (Lipinski definition) is 3. The Hall–Kier alpha value is -1.18. The minimum Gasteiger partial charge on any atom is -0.481 e. The van der Waals surface area contributed by atoms with Gasteiger partial charge in [-0.3, -0.25) is 4.79 Å². The SMILES string of the molecule is CCc1cnc(SCC(=O)O)n1CCCC(F)(F)F. The predicted molar refractivity (Wildman–Crippen MR) is 65.3 cm³/mol. The third kappa shape index (κ3) is 5.54. The van der Waals surface area contributed by atoms with E-state index >= 15 is 0 Å². The van der Waals surface area contributed by atoms with Crippen LogP contribution in [0.1, 0.15) is 25.5 Å². The maximum absolute atomic E-state index is 12.1. The van der Waals surface area contributed by atoms with Crippen molar-refractivity contribution in [3.8, 4) is 0 Å². The summed E-state index contributed by atoms with van der Waals surface area (Å²) in [7, 11) is 0. The zero-order valence-electron chi connectivity index (χ0n) is 10.4. The summed E-state index contributed by atoms with van der Waals surface area (Å²) in [5.41, 5.74) is 0.815. The third-order valence-corrected chi connectivity index (χ3v) is 3.41. The van der Waals surface area contributed by atoms with Crippen LogP contribution in [0.15, 0.2) is 11.4 Å². The number of aromatic nitrogens is 2. The van der Waals surface area contributed by atoms with Gasteiger partial charge >= 0.3 is 12.1 Å². The van der Waals surface area contributed by atoms with Crippen molar-refractivity contribution in [3.05, 3.63) is 11.9 Å². The molecule has 1 rings (SSSR count). The van der Waals surface area contributed by atoms with Gasteiger partial charge < -0.3 is 9.67 Å². The fraction of sp³-hybridized carbons (Fsp3) is 0.636. The molecule has 1 heterocycles. The van der Waals surface area contributed by atoms with Crippen molar-refractivity contribution in [1.29, 1.82) is 0 Å². The molecular weight excluding hydrogens is 281 g/mol. The number of carboxylic acids is 1. The molecule has 0 aliphatic rings. The molecule has 0 radical (unpaired) electrons. The number of rotatable bonds is 7. The molecule has 0 spiro atoms. The van der Waals surface area contributed by atoms with Gasteiger partial charge in [0.15, 0.2) is 5.16 Å². The number of nitrogens with zero attached hydrogens (tertiary/aromatic N) is 2. The predicted octanol–water partition coefficient (Wildman–Crippen LogP) is 2.96. The van der Waals surface area contributed by atoms with Gasteiger partial charge in [-0.05, 0) is 12.8 Å². The fourth-order valence-corrected chi connectivity index (χ4v) is 2.34. The second kappa shape index (κ2) is 6.83. The molecule has 8 heteroatoms. The molecular formula is C11H15F3N2O2S. The lowest BCUT2D eigenvalue weighted by atomic mass is 10.3. The standard InChI is InChI=1S/C11H15F3N2O2S/c1-2-8-6-15-10(19-7-9(17)18)16(8)5-3-4-11(12,13)14/h6H,2-5,7H2,1H3,(H,17,18). The average molecular weight is 296 g/mol. The van der Waals surface area contributed by atoms with E-state index < -0.39 is 18.6 Å². The van der Waals surface area contributed by atoms with Gasteiger partial charge in [-0.2, -0.15) is 13.2 Å². The van der Waals surface area contributed by atoms with Crippen molar-refractivity contribution in [1.82, 2.24) is 9.55 Å². The number of aliphatic carboxylic acids is 1. The summed E-state index contributed by atoms with van der Waals surface area (Å²) in [5, 5.41) is 9.07. The lowest BCUT2D eigenvalue weighted by molar-refractivity contribution is -0.136. The topological polar surface area (TPSA) is 55.1 Å². The summed E-state index contributed by atoms with van der Waals surface area (Å²) < 4.78 is 38.0. The molecule has 1 N–H and O–H groups in total. The number of imidazole rings is 1. The Morgan fingerprint density at radius 3 is 2.74 bits per heavy atom. The van der Waals surface area contributed by atoms with Gasteiger partial charge in [0.1, 0.15) is 0 Å². The Bertz CT molecular complexity index is 432. The molecule has 1 aromatic heterocycles. The van der Waals surface area contributed by atoms with E-state index in [0.717, 1.165) is 17.5 Å². The van der Waals surface area contributed by atoms with Gasteiger partial charge in [-0.1, -0.05) is 18.7 Å². The highest BCUT2D eigenvalue weighted by Gasteiger charge is 2.26. The van der Waals surface area contributed by atoms with Crippen molar-refractivity contribution in [3.63, 3.8) is 0 Å². The molecule has 0 aliphatic heterocycles. The van der Waals surface area contributed by atoms with E-state index in [0.29, 0.717) is 11.6 Å². The molecule has 0 saturated carbocycles. The van der Waals surface area contributed by atoms with Gasteiger partial charge in [-0.15, -0.1) is 0 Å². The second-order valence-electron chi connectivity index (χ2n) is 3.94. The molecule has 108 valence electrons. The number of carboxylic acid groups (broad SMARTS) is 1. The van der Waals surface area contributed by atoms with Gasteiger partial charge in [0.25, 0.3) is 0 Å². The molecule has 0 amide bonds. The van der Waals surface area contributed by atoms with Crippen LogP contribution < -0.4 is 0 Å². The lowest BCUT2D eigenvalue weighted by Crippen LogP contribution is -2.11. The number of carbonyl (C=O) groups is 1. The van der Waals surface area contributed by atoms with Crippen molar-refractivity contribution in [2.45, 2.75) is 44.1 Å². The Balaban J connectivity index is 2.67. The van der Waals surface area contributed by atoms with Crippen LogP contribution in [0.4, 0.5) is 13.2 Å². The molecule has 0 atom stereocenters. The first-order chi connectivity index (χ1) is 8.83. The van der Waals surface area contributed by atoms with Crippen LogP contribution in [0.2, 0.25) is 0 Å². The van der Waals surface area contributed by atoms with Crippen LogP contribution in [0.3, 0.4) is 0 Å². The van der Waals surface area contributed by atoms with E-state index in [4.69, 9.17) is 5.11 Å². The van der Waals surface area contributed by atoms with Crippen LogP contribution >= 0.6 is 11.8 Å². The normalized spacial score (nSPS) is 11.8. The monoisotopic (exact) mass is 296 g/mol. The first kappa shape index (κ1) is 15.9. The molecule has 0 bridgehead atoms. The van der Waals surface area contributed by atoms with Gasteiger partial charge in [0.2, 0.25) is 0 Å². The van der Waals surface area contributed by atoms with E-state index in [-0.39, 0.29) is 18.7 Å². The van der Waals surface area contributed by atoms with Crippen molar-refractivity contribution >= 4 is 17.7 Å². The largest absolute Gasteiger partial charge is 0.481 e. The van der Waals surface area contributed by atoms with Gasteiger partial charge in [0, 0.05) is 24.9 Å². The molecule has 1 aromatic rings. The number of halogens is 3. The molecule has 19 heavy (non-hydrogen) atoms. The summed E-state index contributed by atoms with van der Waals surface area (Å²) >= 11 is 1.02. The molecule has 0 fully saturated rings. The zero-order valence-corrected chi connectivity index (χ0v) is 11.2. The van der Waals surface area contributed by atoms with E-state index in [9.17, 15) is 18.0 Å². The van der Waals surface area contributed by atoms with Crippen molar-refractivity contribution < 1.29 is 23.1 Å². The maximum Gasteiger partial charge on any atom is 0.389 e. The highest BCUT2D eigenvalue weighted by atomic mass is 32.2. The van der Waals surface area contributed by atoms with E-state index in [1.807, 2.05) is 6.92 Å². The summed E-state index contributed by atoms with van der Waals surface area (Å²) in [5.74, 6) is -1.13. The first-order valence-corrected chi connectivity index (χ1v) is 6.77. The smallest absolute Gasteiger partial charge is 0.389 e. The minimum atomic E-state index is -4.17. The Labute approximate surface area is 113 Å². The van der Waals surface area contributed by atoms with Crippen molar-refractivity contribution in [2.75, 3.05) is 5.75 Å². The Kier molecular flexibility index (Phi) is 5.71. The van der Waals surface area contributed by atoms with E-state index in [1.54, 1.807) is 10.8 Å². The maximum atomic E-state index is 12.1. The quantitative estimate of drug-likeness (QED) is 0.786. The Morgan fingerprint density at radius 2 is 2.21 bits per heavy atom. The van der Waals surface area contributed by atoms with Crippen molar-refractivity contribution in [2.24, 2.45) is 0 Å². The Morgan fingerprint density at radius 1 is 1.53 bits per heavy atom. The minimum absolute atomic E-state index is 0.0342. The molecule has 0 aliphatic carbocycles. The van der Waals surface area contributed by atoms with Crippen LogP contribution in [-0.2, 0) is 17.8 Å². The molecule has 0 aromatic carbocycles. The first-order valence-electron chi connectivity index (χ1n) is 5.79. The van der Waals surface area contributed by atoms with Gasteiger partial charge in [-0.25, -0.2) is 4.98 Å². The summed E-state index contributed by atoms with van der Waals surface area (Å²) in [6.45, 7) is 2.08. The molecule has 4 nitrogen and oxygen atoms in total. The summed E-state index contributed by atoms with van der Waals surface area (Å²) in [4.78, 5) is 14.6. The number of aryl methyl sites for hydroxylation is 1. The second-order valence-corrected chi connectivity index (χ2v) is 4.88. The highest BCUT2D eigenvalue weighted by Crippen LogP contribution is 2.24. The van der Waals surface area contributed by atoms with Crippen LogP contribution in [0.5, 0.6) is 0 Å². The average Bonchev–Trinajstić information content (AvgIpc) is 2.67. The van der Waals surface area contributed by atoms with Crippen LogP contribution in [-0.4, -0.2) is 32.6 Å². The molecule has 0 saturated heterocycles. The lowest BCUT2D eigenvalue weighted by Gasteiger charge is -2.11. The fourth-order valence-electron chi connectivity index (χ4n) is 1.59. The van der Waals surface area contributed by atoms with E-state index in [2.05, 4.69) is 4.98 Å². The number of thioether (sulfide) groups is 1. The summed E-state index contributed by atoms with van der Waals surface area (Å²) in [6, 6.07) is 0. The third-order valence-electron chi connectivity index (χ3n) is 2.43. The number of hydrogen-bond donors (Lipinski definition) is 1. The van der Waals surface area contributed by atoms with E-state index in [1.165, 1.54) is 0 Å².